The summed E-state index contributed by atoms with van der Waals surface area (Å²) < 4.78 is 0. The summed E-state index contributed by atoms with van der Waals surface area (Å²) >= 11 is 5.90. The minimum Gasteiger partial charge on any atom is -0.345 e. The Morgan fingerprint density at radius 3 is 2.83 bits per heavy atom. The largest absolute Gasteiger partial charge is 0.345 e. The zero-order valence-corrected chi connectivity index (χ0v) is 12.0. The molecule has 1 atom stereocenters. The molecule has 1 aromatic heterocycles. The summed E-state index contributed by atoms with van der Waals surface area (Å²) in [7, 11) is 0. The van der Waals surface area contributed by atoms with Crippen molar-refractivity contribution in [1.29, 1.82) is 0 Å². The Morgan fingerprint density at radius 1 is 1.39 bits per heavy atom. The first-order valence-electron chi connectivity index (χ1n) is 5.70. The second kappa shape index (κ2) is 5.59. The molecule has 1 N–H and O–H groups in total. The zero-order chi connectivity index (χ0) is 13.1. The van der Waals surface area contributed by atoms with Gasteiger partial charge in [-0.2, -0.15) is 11.3 Å². The van der Waals surface area contributed by atoms with E-state index in [2.05, 4.69) is 17.9 Å². The number of carbonyl (C=O) groups excluding carboxylic acids is 1. The standard InChI is InChI=1S/C14H15NOS2/c1-9-3-4-12(17)7-13(9)14(16)15-10(2)11-5-6-18-8-11/h3-8,10,17H,1-2H3,(H,15,16). The number of thiophene rings is 1. The van der Waals surface area contributed by atoms with Gasteiger partial charge in [0.05, 0.1) is 6.04 Å². The maximum absolute atomic E-state index is 12.2. The quantitative estimate of drug-likeness (QED) is 0.820. The molecule has 4 heteroatoms. The van der Waals surface area contributed by atoms with Gasteiger partial charge in [0.1, 0.15) is 0 Å². The van der Waals surface area contributed by atoms with Gasteiger partial charge in [-0.1, -0.05) is 6.07 Å². The maximum atomic E-state index is 12.2. The van der Waals surface area contributed by atoms with Crippen LogP contribution in [-0.4, -0.2) is 5.91 Å². The second-order valence-corrected chi connectivity index (χ2v) is 5.55. The van der Waals surface area contributed by atoms with E-state index in [1.165, 1.54) is 0 Å². The molecule has 0 aliphatic rings. The summed E-state index contributed by atoms with van der Waals surface area (Å²) in [6.07, 6.45) is 0. The van der Waals surface area contributed by atoms with Crippen LogP contribution >= 0.6 is 24.0 Å². The lowest BCUT2D eigenvalue weighted by Crippen LogP contribution is -2.27. The number of hydrogen-bond acceptors (Lipinski definition) is 3. The van der Waals surface area contributed by atoms with Crippen LogP contribution < -0.4 is 5.32 Å². The lowest BCUT2D eigenvalue weighted by molar-refractivity contribution is 0.0939. The fraction of sp³-hybridized carbons (Fsp3) is 0.214. The van der Waals surface area contributed by atoms with Crippen LogP contribution in [0.1, 0.15) is 34.5 Å². The lowest BCUT2D eigenvalue weighted by Gasteiger charge is -2.14. The molecule has 1 aromatic carbocycles. The Morgan fingerprint density at radius 2 is 2.17 bits per heavy atom. The Balaban J connectivity index is 2.15. The fourth-order valence-corrected chi connectivity index (χ4v) is 2.69. The minimum absolute atomic E-state index is 0.0201. The molecule has 0 spiro atoms. The van der Waals surface area contributed by atoms with E-state index >= 15 is 0 Å². The number of nitrogens with one attached hydrogen (secondary N) is 1. The molecular formula is C14H15NOS2. The average Bonchev–Trinajstić information content (AvgIpc) is 2.85. The van der Waals surface area contributed by atoms with Crippen LogP contribution in [0.25, 0.3) is 0 Å². The molecule has 2 rings (SSSR count). The predicted octanol–water partition coefficient (Wildman–Crippen LogP) is 3.84. The number of carbonyl (C=O) groups is 1. The maximum Gasteiger partial charge on any atom is 0.252 e. The van der Waals surface area contributed by atoms with E-state index < -0.39 is 0 Å². The van der Waals surface area contributed by atoms with E-state index in [0.717, 1.165) is 16.0 Å². The highest BCUT2D eigenvalue weighted by Gasteiger charge is 2.13. The van der Waals surface area contributed by atoms with E-state index in [9.17, 15) is 4.79 Å². The van der Waals surface area contributed by atoms with Crippen LogP contribution in [0.5, 0.6) is 0 Å². The van der Waals surface area contributed by atoms with Gasteiger partial charge in [0.25, 0.3) is 5.91 Å². The summed E-state index contributed by atoms with van der Waals surface area (Å²) in [5.41, 5.74) is 2.78. The molecule has 18 heavy (non-hydrogen) atoms. The number of aryl methyl sites for hydroxylation is 1. The molecule has 1 amide bonds. The Hall–Kier alpha value is -1.26. The number of thiol groups is 1. The third kappa shape index (κ3) is 2.94. The van der Waals surface area contributed by atoms with Gasteiger partial charge < -0.3 is 5.32 Å². The lowest BCUT2D eigenvalue weighted by atomic mass is 10.1. The van der Waals surface area contributed by atoms with Gasteiger partial charge in [0.15, 0.2) is 0 Å². The van der Waals surface area contributed by atoms with Gasteiger partial charge in [-0.05, 0) is 53.9 Å². The second-order valence-electron chi connectivity index (χ2n) is 4.25. The normalized spacial score (nSPS) is 12.2. The summed E-state index contributed by atoms with van der Waals surface area (Å²) in [6, 6.07) is 7.64. The number of hydrogen-bond donors (Lipinski definition) is 2. The van der Waals surface area contributed by atoms with Crippen LogP contribution in [0.2, 0.25) is 0 Å². The highest BCUT2D eigenvalue weighted by atomic mass is 32.1. The number of rotatable bonds is 3. The number of amides is 1. The molecule has 0 bridgehead atoms. The Labute approximate surface area is 116 Å². The van der Waals surface area contributed by atoms with Crippen molar-refractivity contribution in [3.63, 3.8) is 0 Å². The van der Waals surface area contributed by atoms with Crippen molar-refractivity contribution in [1.82, 2.24) is 5.32 Å². The first kappa shape index (κ1) is 13.2. The van der Waals surface area contributed by atoms with Crippen molar-refractivity contribution in [3.05, 3.63) is 51.7 Å². The fourth-order valence-electron chi connectivity index (χ4n) is 1.73. The molecule has 0 aliphatic heterocycles. The smallest absolute Gasteiger partial charge is 0.252 e. The van der Waals surface area contributed by atoms with Crippen LogP contribution in [0.4, 0.5) is 0 Å². The third-order valence-electron chi connectivity index (χ3n) is 2.86. The zero-order valence-electron chi connectivity index (χ0n) is 10.3. The highest BCUT2D eigenvalue weighted by molar-refractivity contribution is 7.80. The van der Waals surface area contributed by atoms with Gasteiger partial charge in [-0.15, -0.1) is 12.6 Å². The molecule has 2 aromatic rings. The van der Waals surface area contributed by atoms with Gasteiger partial charge >= 0.3 is 0 Å². The monoisotopic (exact) mass is 277 g/mol. The minimum atomic E-state index is -0.0536. The van der Waals surface area contributed by atoms with E-state index in [4.69, 9.17) is 0 Å². The Bertz CT molecular complexity index is 549. The van der Waals surface area contributed by atoms with Crippen LogP contribution in [0.3, 0.4) is 0 Å². The molecule has 0 radical (unpaired) electrons. The average molecular weight is 277 g/mol. The van der Waals surface area contributed by atoms with Crippen molar-refractivity contribution in [2.75, 3.05) is 0 Å². The summed E-state index contributed by atoms with van der Waals surface area (Å²) in [4.78, 5) is 13.0. The SMILES string of the molecule is Cc1ccc(S)cc1C(=O)NC(C)c1ccsc1. The van der Waals surface area contributed by atoms with Crippen LogP contribution in [0.15, 0.2) is 39.9 Å². The summed E-state index contributed by atoms with van der Waals surface area (Å²) in [5, 5.41) is 7.06. The summed E-state index contributed by atoms with van der Waals surface area (Å²) in [5.74, 6) is -0.0536. The van der Waals surface area contributed by atoms with Crippen molar-refractivity contribution >= 4 is 29.9 Å². The van der Waals surface area contributed by atoms with Crippen LogP contribution in [-0.2, 0) is 0 Å². The van der Waals surface area contributed by atoms with Gasteiger partial charge in [-0.25, -0.2) is 0 Å². The van der Waals surface area contributed by atoms with E-state index in [-0.39, 0.29) is 11.9 Å². The van der Waals surface area contributed by atoms with E-state index in [0.29, 0.717) is 5.56 Å². The third-order valence-corrected chi connectivity index (χ3v) is 3.84. The highest BCUT2D eigenvalue weighted by Crippen LogP contribution is 2.18. The van der Waals surface area contributed by atoms with Crippen molar-refractivity contribution < 1.29 is 4.79 Å². The first-order valence-corrected chi connectivity index (χ1v) is 7.09. The van der Waals surface area contributed by atoms with Crippen molar-refractivity contribution in [3.8, 4) is 0 Å². The van der Waals surface area contributed by atoms with E-state index in [1.54, 1.807) is 17.4 Å². The van der Waals surface area contributed by atoms with Gasteiger partial charge in [0.2, 0.25) is 0 Å². The first-order chi connectivity index (χ1) is 8.58. The van der Waals surface area contributed by atoms with Crippen molar-refractivity contribution in [2.24, 2.45) is 0 Å². The molecule has 0 fully saturated rings. The molecule has 0 saturated heterocycles. The van der Waals surface area contributed by atoms with Gasteiger partial charge in [0, 0.05) is 10.5 Å². The number of benzene rings is 1. The molecule has 94 valence electrons. The predicted molar refractivity (Wildman–Crippen MR) is 78.6 cm³/mol. The summed E-state index contributed by atoms with van der Waals surface area (Å²) in [6.45, 7) is 3.91. The van der Waals surface area contributed by atoms with Crippen molar-refractivity contribution in [2.45, 2.75) is 24.8 Å². The molecule has 2 nitrogen and oxygen atoms in total. The molecule has 0 saturated carbocycles. The Kier molecular flexibility index (Phi) is 4.09. The molecule has 0 aliphatic carbocycles. The van der Waals surface area contributed by atoms with E-state index in [1.807, 2.05) is 42.8 Å². The topological polar surface area (TPSA) is 29.1 Å². The molecule has 1 heterocycles. The van der Waals surface area contributed by atoms with Crippen LogP contribution in [0, 0.1) is 6.92 Å². The van der Waals surface area contributed by atoms with Gasteiger partial charge in [-0.3, -0.25) is 4.79 Å². The molecular weight excluding hydrogens is 262 g/mol. The molecule has 1 unspecified atom stereocenters.